The molecule has 2 aromatic heterocycles. The highest BCUT2D eigenvalue weighted by atomic mass is 35.5. The fraction of sp³-hybridized carbons (Fsp3) is 0.120. The average Bonchev–Trinajstić information content (AvgIpc) is 3.44. The van der Waals surface area contributed by atoms with E-state index in [2.05, 4.69) is 5.32 Å². The lowest BCUT2D eigenvalue weighted by atomic mass is 9.99. The van der Waals surface area contributed by atoms with Crippen LogP contribution in [0.1, 0.15) is 22.2 Å². The quantitative estimate of drug-likeness (QED) is 0.246. The Hall–Kier alpha value is -3.55. The van der Waals surface area contributed by atoms with Crippen LogP contribution in [0.2, 0.25) is 5.02 Å². The van der Waals surface area contributed by atoms with Gasteiger partial charge in [0.2, 0.25) is 5.91 Å². The Labute approximate surface area is 199 Å². The van der Waals surface area contributed by atoms with Crippen LogP contribution in [0.4, 0.5) is 5.69 Å². The number of methoxy groups -OCH3 is 2. The monoisotopic (exact) mass is 481 g/mol. The molecule has 0 aliphatic heterocycles. The number of nitrogens with one attached hydrogen (secondary N) is 1. The summed E-state index contributed by atoms with van der Waals surface area (Å²) in [4.78, 5) is 24.9. The minimum Gasteiger partial charge on any atom is -0.496 e. The van der Waals surface area contributed by atoms with Gasteiger partial charge >= 0.3 is 5.97 Å². The molecule has 0 bridgehead atoms. The van der Waals surface area contributed by atoms with Crippen molar-refractivity contribution in [3.05, 3.63) is 75.6 Å². The van der Waals surface area contributed by atoms with Crippen molar-refractivity contribution in [2.75, 3.05) is 19.5 Å². The lowest BCUT2D eigenvalue weighted by Gasteiger charge is -2.10. The van der Waals surface area contributed by atoms with E-state index >= 15 is 0 Å². The largest absolute Gasteiger partial charge is 0.496 e. The number of allylic oxidation sites excluding steroid dienone is 1. The Bertz CT molecular complexity index is 1370. The van der Waals surface area contributed by atoms with E-state index in [-0.39, 0.29) is 5.91 Å². The van der Waals surface area contributed by atoms with Crippen LogP contribution < -0.4 is 10.1 Å². The van der Waals surface area contributed by atoms with Gasteiger partial charge in [0.25, 0.3) is 0 Å². The molecule has 2 heterocycles. The minimum atomic E-state index is -0.497. The van der Waals surface area contributed by atoms with E-state index in [0.717, 1.165) is 22.1 Å². The summed E-state index contributed by atoms with van der Waals surface area (Å²) in [7, 11) is 2.86. The molecule has 0 aliphatic carbocycles. The van der Waals surface area contributed by atoms with Crippen LogP contribution in [0.25, 0.3) is 27.7 Å². The number of anilines is 1. The molecular weight excluding hydrogens is 462 g/mol. The van der Waals surface area contributed by atoms with E-state index in [1.54, 1.807) is 30.9 Å². The normalized spacial score (nSPS) is 11.5. The van der Waals surface area contributed by atoms with Crippen molar-refractivity contribution in [1.29, 1.82) is 0 Å². The van der Waals surface area contributed by atoms with Gasteiger partial charge in [-0.2, -0.15) is 0 Å². The Kier molecular flexibility index (Phi) is 6.53. The van der Waals surface area contributed by atoms with Gasteiger partial charge in [-0.15, -0.1) is 11.3 Å². The lowest BCUT2D eigenvalue weighted by Crippen LogP contribution is -2.11. The van der Waals surface area contributed by atoms with Crippen molar-refractivity contribution in [2.24, 2.45) is 0 Å². The molecule has 0 saturated carbocycles. The number of furan rings is 1. The Morgan fingerprint density at radius 1 is 1.12 bits per heavy atom. The third kappa shape index (κ3) is 4.65. The molecule has 4 aromatic rings. The zero-order valence-corrected chi connectivity index (χ0v) is 19.7. The smallest absolute Gasteiger partial charge is 0.350 e. The van der Waals surface area contributed by atoms with Crippen molar-refractivity contribution in [3.63, 3.8) is 0 Å². The summed E-state index contributed by atoms with van der Waals surface area (Å²) in [6.07, 6.45) is 3.15. The van der Waals surface area contributed by atoms with Gasteiger partial charge in [-0.25, -0.2) is 4.79 Å². The van der Waals surface area contributed by atoms with Crippen molar-refractivity contribution in [1.82, 2.24) is 0 Å². The van der Waals surface area contributed by atoms with E-state index in [1.165, 1.54) is 24.5 Å². The number of rotatable bonds is 6. The Balaban J connectivity index is 1.69. The van der Waals surface area contributed by atoms with Crippen LogP contribution in [0, 0.1) is 0 Å². The molecule has 4 rings (SSSR count). The van der Waals surface area contributed by atoms with Crippen molar-refractivity contribution in [3.8, 4) is 16.9 Å². The predicted molar refractivity (Wildman–Crippen MR) is 131 cm³/mol. The minimum absolute atomic E-state index is 0.335. The van der Waals surface area contributed by atoms with Gasteiger partial charge in [0.1, 0.15) is 16.2 Å². The third-order valence-electron chi connectivity index (χ3n) is 5.12. The number of hydrogen-bond donors (Lipinski definition) is 1. The number of fused-ring (bicyclic) bond motifs is 1. The summed E-state index contributed by atoms with van der Waals surface area (Å²) in [5.74, 6) is -0.294. The number of carbonyl (C=O) groups is 2. The number of amides is 1. The predicted octanol–water partition coefficient (Wildman–Crippen LogP) is 6.65. The maximum absolute atomic E-state index is 12.7. The molecular formula is C25H20ClNO5S. The second-order valence-corrected chi connectivity index (χ2v) is 8.53. The van der Waals surface area contributed by atoms with Gasteiger partial charge in [0.15, 0.2) is 0 Å². The fourth-order valence-electron chi connectivity index (χ4n) is 3.49. The summed E-state index contributed by atoms with van der Waals surface area (Å²) in [6.45, 7) is 1.82. The number of hydrogen-bond acceptors (Lipinski definition) is 6. The molecule has 0 aliphatic rings. The van der Waals surface area contributed by atoms with E-state index < -0.39 is 5.97 Å². The van der Waals surface area contributed by atoms with Gasteiger partial charge in [-0.3, -0.25) is 4.79 Å². The highest BCUT2D eigenvalue weighted by Crippen LogP contribution is 2.37. The first-order chi connectivity index (χ1) is 15.9. The third-order valence-corrected chi connectivity index (χ3v) is 6.26. The number of halogens is 1. The van der Waals surface area contributed by atoms with Gasteiger partial charge in [-0.05, 0) is 47.7 Å². The lowest BCUT2D eigenvalue weighted by molar-refractivity contribution is -0.111. The van der Waals surface area contributed by atoms with Crippen LogP contribution in [-0.4, -0.2) is 26.1 Å². The molecule has 0 unspecified atom stereocenters. The van der Waals surface area contributed by atoms with Crippen LogP contribution in [0.15, 0.2) is 64.6 Å². The van der Waals surface area contributed by atoms with Crippen LogP contribution in [0.3, 0.4) is 0 Å². The van der Waals surface area contributed by atoms with Gasteiger partial charge < -0.3 is 19.2 Å². The Morgan fingerprint density at radius 3 is 2.58 bits per heavy atom. The fourth-order valence-corrected chi connectivity index (χ4v) is 4.38. The van der Waals surface area contributed by atoms with Crippen LogP contribution >= 0.6 is 22.9 Å². The summed E-state index contributed by atoms with van der Waals surface area (Å²) < 4.78 is 16.1. The van der Waals surface area contributed by atoms with E-state index in [0.29, 0.717) is 32.5 Å². The van der Waals surface area contributed by atoms with Gasteiger partial charge in [0, 0.05) is 33.7 Å². The molecule has 168 valence electrons. The summed E-state index contributed by atoms with van der Waals surface area (Å²) in [5.41, 5.74) is 4.37. The highest BCUT2D eigenvalue weighted by Gasteiger charge is 2.17. The van der Waals surface area contributed by atoms with Crippen LogP contribution in [-0.2, 0) is 9.53 Å². The summed E-state index contributed by atoms with van der Waals surface area (Å²) in [6, 6.07) is 12.9. The first-order valence-electron chi connectivity index (χ1n) is 9.92. The van der Waals surface area contributed by atoms with Crippen molar-refractivity contribution in [2.45, 2.75) is 6.92 Å². The van der Waals surface area contributed by atoms with Crippen molar-refractivity contribution < 1.29 is 23.5 Å². The maximum atomic E-state index is 12.7. The van der Waals surface area contributed by atoms with Crippen LogP contribution in [0.5, 0.6) is 5.75 Å². The summed E-state index contributed by atoms with van der Waals surface area (Å²) in [5, 5.41) is 5.99. The first-order valence-corrected chi connectivity index (χ1v) is 11.2. The molecule has 0 spiro atoms. The number of carbonyl (C=O) groups excluding carboxylic acids is 2. The molecule has 0 atom stereocenters. The number of esters is 1. The first kappa shape index (κ1) is 22.6. The van der Waals surface area contributed by atoms with Crippen molar-refractivity contribution >= 4 is 57.0 Å². The zero-order chi connectivity index (χ0) is 23.5. The van der Waals surface area contributed by atoms with E-state index in [9.17, 15) is 9.59 Å². The highest BCUT2D eigenvalue weighted by molar-refractivity contribution is 7.12. The van der Waals surface area contributed by atoms with E-state index in [1.807, 2.05) is 37.3 Å². The van der Waals surface area contributed by atoms with Gasteiger partial charge in [0.05, 0.1) is 26.2 Å². The number of ether oxygens (including phenoxy) is 2. The molecule has 0 fully saturated rings. The molecule has 1 amide bonds. The molecule has 0 saturated heterocycles. The molecule has 1 N–H and O–H groups in total. The average molecular weight is 482 g/mol. The summed E-state index contributed by atoms with van der Waals surface area (Å²) >= 11 is 7.22. The number of thiophene rings is 1. The van der Waals surface area contributed by atoms with E-state index in [4.69, 9.17) is 25.5 Å². The second kappa shape index (κ2) is 9.52. The number of benzene rings is 2. The SMILES string of the molecule is COC(=O)c1sccc1NC(=O)/C=C(\C)c1cc2c(-c3ccc(Cl)cc3)coc2cc1OC. The molecule has 0 radical (unpaired) electrons. The van der Waals surface area contributed by atoms with Gasteiger partial charge in [-0.1, -0.05) is 23.7 Å². The second-order valence-electron chi connectivity index (χ2n) is 7.18. The molecule has 2 aromatic carbocycles. The molecule has 33 heavy (non-hydrogen) atoms. The molecule has 8 heteroatoms. The zero-order valence-electron chi connectivity index (χ0n) is 18.1. The standard InChI is InChI=1S/C25H20ClNO5S/c1-14(10-23(28)27-20-8-9-33-24(20)25(29)31-3)17-11-18-19(15-4-6-16(26)7-5-15)13-32-22(18)12-21(17)30-2/h4-13H,1-3H3,(H,27,28)/b14-10+. The Morgan fingerprint density at radius 2 is 1.88 bits per heavy atom. The maximum Gasteiger partial charge on any atom is 0.350 e. The molecule has 6 nitrogen and oxygen atoms in total. The topological polar surface area (TPSA) is 77.8 Å².